The van der Waals surface area contributed by atoms with Gasteiger partial charge in [-0.05, 0) is 31.5 Å². The van der Waals surface area contributed by atoms with Crippen molar-refractivity contribution in [1.82, 2.24) is 4.90 Å². The zero-order valence-electron chi connectivity index (χ0n) is 12.0. The summed E-state index contributed by atoms with van der Waals surface area (Å²) in [6, 6.07) is 7.88. The highest BCUT2D eigenvalue weighted by atomic mass is 32.2. The number of carbonyl (C=O) groups excluding carboxylic acids is 1. The Morgan fingerprint density at radius 2 is 1.79 bits per heavy atom. The van der Waals surface area contributed by atoms with E-state index in [1.54, 1.807) is 23.5 Å². The van der Waals surface area contributed by atoms with Crippen molar-refractivity contribution < 1.29 is 4.79 Å². The van der Waals surface area contributed by atoms with Crippen LogP contribution >= 0.6 is 23.5 Å². The van der Waals surface area contributed by atoms with Crippen LogP contribution in [0.15, 0.2) is 29.2 Å². The molecular formula is C15H23NOS2. The molecular weight excluding hydrogens is 274 g/mol. The van der Waals surface area contributed by atoms with Crippen LogP contribution in [0.25, 0.3) is 0 Å². The van der Waals surface area contributed by atoms with E-state index in [4.69, 9.17) is 0 Å². The number of ketones is 1. The van der Waals surface area contributed by atoms with Gasteiger partial charge in [-0.1, -0.05) is 26.0 Å². The van der Waals surface area contributed by atoms with E-state index in [2.05, 4.69) is 18.7 Å². The molecule has 0 unspecified atom stereocenters. The van der Waals surface area contributed by atoms with E-state index >= 15 is 0 Å². The molecule has 0 radical (unpaired) electrons. The molecule has 0 saturated carbocycles. The predicted octanol–water partition coefficient (Wildman–Crippen LogP) is 3.67. The SMILES string of the molecule is CCN(CC)CCSCC(=O)c1ccc(SC)cc1. The maximum absolute atomic E-state index is 12.0. The number of benzene rings is 1. The van der Waals surface area contributed by atoms with Gasteiger partial charge in [-0.3, -0.25) is 4.79 Å². The lowest BCUT2D eigenvalue weighted by Crippen LogP contribution is -2.25. The summed E-state index contributed by atoms with van der Waals surface area (Å²) in [7, 11) is 0. The molecule has 106 valence electrons. The molecule has 1 rings (SSSR count). The Balaban J connectivity index is 2.30. The van der Waals surface area contributed by atoms with Gasteiger partial charge in [-0.25, -0.2) is 0 Å². The summed E-state index contributed by atoms with van der Waals surface area (Å²) in [6.07, 6.45) is 2.04. The standard InChI is InChI=1S/C15H23NOS2/c1-4-16(5-2)10-11-19-12-15(17)13-6-8-14(18-3)9-7-13/h6-9H,4-5,10-12H2,1-3H3. The number of Topliss-reactive ketones (excluding diaryl/α,β-unsaturated/α-hetero) is 1. The molecule has 1 aromatic rings. The topological polar surface area (TPSA) is 20.3 Å². The molecule has 0 amide bonds. The van der Waals surface area contributed by atoms with Crippen molar-refractivity contribution in [2.24, 2.45) is 0 Å². The van der Waals surface area contributed by atoms with Crippen molar-refractivity contribution in [2.45, 2.75) is 18.7 Å². The number of nitrogens with zero attached hydrogens (tertiary/aromatic N) is 1. The lowest BCUT2D eigenvalue weighted by molar-refractivity contribution is 0.102. The van der Waals surface area contributed by atoms with E-state index in [1.807, 2.05) is 30.5 Å². The number of hydrogen-bond donors (Lipinski definition) is 0. The summed E-state index contributed by atoms with van der Waals surface area (Å²) in [5.41, 5.74) is 0.827. The summed E-state index contributed by atoms with van der Waals surface area (Å²) in [5, 5.41) is 0. The molecule has 4 heteroatoms. The van der Waals surface area contributed by atoms with Crippen molar-refractivity contribution in [1.29, 1.82) is 0 Å². The van der Waals surface area contributed by atoms with Crippen molar-refractivity contribution >= 4 is 29.3 Å². The summed E-state index contributed by atoms with van der Waals surface area (Å²) < 4.78 is 0. The molecule has 0 heterocycles. The molecule has 2 nitrogen and oxygen atoms in total. The largest absolute Gasteiger partial charge is 0.303 e. The van der Waals surface area contributed by atoms with Gasteiger partial charge in [0.25, 0.3) is 0 Å². The highest BCUT2D eigenvalue weighted by Crippen LogP contribution is 2.16. The van der Waals surface area contributed by atoms with Gasteiger partial charge in [-0.2, -0.15) is 11.8 Å². The highest BCUT2D eigenvalue weighted by Gasteiger charge is 2.06. The fourth-order valence-corrected chi connectivity index (χ4v) is 3.05. The first-order valence-electron chi connectivity index (χ1n) is 6.68. The van der Waals surface area contributed by atoms with E-state index in [1.165, 1.54) is 4.90 Å². The first-order valence-corrected chi connectivity index (χ1v) is 9.06. The summed E-state index contributed by atoms with van der Waals surface area (Å²) in [4.78, 5) is 15.6. The lowest BCUT2D eigenvalue weighted by atomic mass is 10.1. The van der Waals surface area contributed by atoms with E-state index < -0.39 is 0 Å². The van der Waals surface area contributed by atoms with E-state index in [-0.39, 0.29) is 5.78 Å². The summed E-state index contributed by atoms with van der Waals surface area (Å²) in [6.45, 7) is 7.58. The van der Waals surface area contributed by atoms with E-state index in [9.17, 15) is 4.79 Å². The third-order valence-corrected chi connectivity index (χ3v) is 4.77. The monoisotopic (exact) mass is 297 g/mol. The number of thioether (sulfide) groups is 2. The smallest absolute Gasteiger partial charge is 0.172 e. The van der Waals surface area contributed by atoms with Crippen LogP contribution in [-0.4, -0.2) is 48.1 Å². The molecule has 0 bridgehead atoms. The van der Waals surface area contributed by atoms with Crippen LogP contribution in [0.4, 0.5) is 0 Å². The second kappa shape index (κ2) is 9.45. The van der Waals surface area contributed by atoms with Crippen LogP contribution in [0.5, 0.6) is 0 Å². The second-order valence-corrected chi connectivity index (χ2v) is 6.22. The Kier molecular flexibility index (Phi) is 8.26. The van der Waals surface area contributed by atoms with Crippen molar-refractivity contribution in [2.75, 3.05) is 37.4 Å². The molecule has 1 aromatic carbocycles. The normalized spacial score (nSPS) is 10.9. The van der Waals surface area contributed by atoms with Gasteiger partial charge in [0.05, 0.1) is 5.75 Å². The van der Waals surface area contributed by atoms with Gasteiger partial charge in [0.1, 0.15) is 0 Å². The van der Waals surface area contributed by atoms with Crippen LogP contribution < -0.4 is 0 Å². The molecule has 0 N–H and O–H groups in total. The molecule has 0 saturated heterocycles. The summed E-state index contributed by atoms with van der Waals surface area (Å²) in [5.74, 6) is 1.84. The van der Waals surface area contributed by atoms with Crippen molar-refractivity contribution in [3.8, 4) is 0 Å². The number of hydrogen-bond acceptors (Lipinski definition) is 4. The first-order chi connectivity index (χ1) is 9.21. The average Bonchev–Trinajstić information content (AvgIpc) is 2.47. The predicted molar refractivity (Wildman–Crippen MR) is 87.7 cm³/mol. The van der Waals surface area contributed by atoms with Crippen molar-refractivity contribution in [3.05, 3.63) is 29.8 Å². The minimum absolute atomic E-state index is 0.234. The highest BCUT2D eigenvalue weighted by molar-refractivity contribution is 8.00. The minimum atomic E-state index is 0.234. The minimum Gasteiger partial charge on any atom is -0.303 e. The number of rotatable bonds is 9. The maximum atomic E-state index is 12.0. The van der Waals surface area contributed by atoms with Crippen LogP contribution in [-0.2, 0) is 0 Å². The lowest BCUT2D eigenvalue weighted by Gasteiger charge is -2.17. The molecule has 0 aromatic heterocycles. The average molecular weight is 297 g/mol. The maximum Gasteiger partial charge on any atom is 0.172 e. The fourth-order valence-electron chi connectivity index (χ4n) is 1.76. The van der Waals surface area contributed by atoms with Gasteiger partial charge < -0.3 is 4.90 Å². The Bertz CT molecular complexity index is 374. The summed E-state index contributed by atoms with van der Waals surface area (Å²) >= 11 is 3.43. The Hall–Kier alpha value is -0.450. The zero-order valence-corrected chi connectivity index (χ0v) is 13.6. The molecule has 19 heavy (non-hydrogen) atoms. The van der Waals surface area contributed by atoms with Gasteiger partial charge >= 0.3 is 0 Å². The van der Waals surface area contributed by atoms with Crippen molar-refractivity contribution in [3.63, 3.8) is 0 Å². The van der Waals surface area contributed by atoms with Crippen LogP contribution in [0.3, 0.4) is 0 Å². The number of carbonyl (C=O) groups is 1. The molecule has 0 aliphatic heterocycles. The third-order valence-electron chi connectivity index (χ3n) is 3.09. The first kappa shape index (κ1) is 16.6. The Labute approximate surface area is 125 Å². The third kappa shape index (κ3) is 6.02. The van der Waals surface area contributed by atoms with Gasteiger partial charge in [0, 0.05) is 22.8 Å². The molecule has 0 atom stereocenters. The molecule has 0 fully saturated rings. The fraction of sp³-hybridized carbons (Fsp3) is 0.533. The van der Waals surface area contributed by atoms with Gasteiger partial charge in [0.15, 0.2) is 5.78 Å². The quantitative estimate of drug-likeness (QED) is 0.393. The Morgan fingerprint density at radius 1 is 1.16 bits per heavy atom. The van der Waals surface area contributed by atoms with Crippen LogP contribution in [0.2, 0.25) is 0 Å². The van der Waals surface area contributed by atoms with E-state index in [0.717, 1.165) is 31.0 Å². The Morgan fingerprint density at radius 3 is 2.32 bits per heavy atom. The second-order valence-electron chi connectivity index (χ2n) is 4.23. The molecule has 0 aliphatic rings. The van der Waals surface area contributed by atoms with Gasteiger partial charge in [0.2, 0.25) is 0 Å². The van der Waals surface area contributed by atoms with E-state index in [0.29, 0.717) is 5.75 Å². The zero-order chi connectivity index (χ0) is 14.1. The molecule has 0 aliphatic carbocycles. The van der Waals surface area contributed by atoms with Crippen LogP contribution in [0, 0.1) is 0 Å². The van der Waals surface area contributed by atoms with Crippen LogP contribution in [0.1, 0.15) is 24.2 Å². The van der Waals surface area contributed by atoms with Gasteiger partial charge in [-0.15, -0.1) is 11.8 Å². The molecule has 0 spiro atoms.